The van der Waals surface area contributed by atoms with E-state index in [1.165, 1.54) is 11.6 Å². The summed E-state index contributed by atoms with van der Waals surface area (Å²) in [7, 11) is 0. The van der Waals surface area contributed by atoms with Crippen LogP contribution in [0.1, 0.15) is 36.5 Å². The molecule has 0 fully saturated rings. The zero-order chi connectivity index (χ0) is 19.4. The molecule has 3 rings (SSSR count). The minimum Gasteiger partial charge on any atom is -0.550 e. The Morgan fingerprint density at radius 2 is 2.04 bits per heavy atom. The van der Waals surface area contributed by atoms with Crippen LogP contribution in [0.15, 0.2) is 36.4 Å². The van der Waals surface area contributed by atoms with Gasteiger partial charge in [0.25, 0.3) is 0 Å². The molecule has 1 heterocycles. The second-order valence-corrected chi connectivity index (χ2v) is 6.77. The minimum absolute atomic E-state index is 0.0373. The molecule has 1 amide bonds. The lowest BCUT2D eigenvalue weighted by Crippen LogP contribution is -2.33. The topological polar surface area (TPSA) is 72.5 Å². The molecule has 0 spiro atoms. The molecular weight excluding hydrogens is 347 g/mol. The van der Waals surface area contributed by atoms with Crippen molar-refractivity contribution in [2.24, 2.45) is 0 Å². The molecule has 0 aromatic heterocycles. The molecule has 0 radical (unpaired) electrons. The number of amides is 1. The number of nitrogens with zero attached hydrogens (tertiary/aromatic N) is 1. The summed E-state index contributed by atoms with van der Waals surface area (Å²) in [6.45, 7) is 2.80. The molecule has 0 saturated heterocycles. The molecule has 2 aromatic rings. The Balaban J connectivity index is 1.68. The minimum atomic E-state index is -1.19. The van der Waals surface area contributed by atoms with Gasteiger partial charge >= 0.3 is 0 Å². The summed E-state index contributed by atoms with van der Waals surface area (Å²) in [6.07, 6.45) is 1.84. The molecule has 2 aromatic carbocycles. The van der Waals surface area contributed by atoms with Crippen LogP contribution in [0.5, 0.6) is 0 Å². The second kappa shape index (κ2) is 8.20. The van der Waals surface area contributed by atoms with Crippen molar-refractivity contribution in [2.75, 3.05) is 16.8 Å². The number of nitrogens with one attached hydrogen (secondary N) is 1. The van der Waals surface area contributed by atoms with Crippen LogP contribution in [0.3, 0.4) is 0 Å². The monoisotopic (exact) mass is 369 g/mol. The number of hydrogen-bond acceptors (Lipinski definition) is 4. The molecule has 1 N–H and O–H groups in total. The molecule has 27 heavy (non-hydrogen) atoms. The number of fused-ring (bicyclic) bond motifs is 1. The van der Waals surface area contributed by atoms with Crippen molar-refractivity contribution < 1.29 is 19.1 Å². The molecule has 6 heteroatoms. The van der Waals surface area contributed by atoms with E-state index in [0.29, 0.717) is 17.8 Å². The van der Waals surface area contributed by atoms with Crippen LogP contribution >= 0.6 is 0 Å². The van der Waals surface area contributed by atoms with E-state index in [1.807, 2.05) is 18.2 Å². The van der Waals surface area contributed by atoms with E-state index >= 15 is 0 Å². The van der Waals surface area contributed by atoms with E-state index in [2.05, 4.69) is 5.32 Å². The first-order valence-corrected chi connectivity index (χ1v) is 9.06. The molecule has 0 aliphatic carbocycles. The standard InChI is InChI=1S/C21H23FN2O3/c1-14(25)24-10-2-3-17-5-4-15(11-20(17)24)13-23-18-8-6-16(19(22)12-18)7-9-21(26)27/h4-6,8,11-12,23H,2-3,7,9-10,13H2,1H3,(H,26,27)/p-1. The fourth-order valence-electron chi connectivity index (χ4n) is 3.36. The Hall–Kier alpha value is -2.89. The van der Waals surface area contributed by atoms with Gasteiger partial charge in [-0.15, -0.1) is 0 Å². The summed E-state index contributed by atoms with van der Waals surface area (Å²) >= 11 is 0. The molecule has 1 aliphatic rings. The lowest BCUT2D eigenvalue weighted by atomic mass is 9.99. The van der Waals surface area contributed by atoms with Crippen LogP contribution in [0.2, 0.25) is 0 Å². The maximum Gasteiger partial charge on any atom is 0.223 e. The molecule has 142 valence electrons. The van der Waals surface area contributed by atoms with Crippen LogP contribution in [-0.2, 0) is 29.0 Å². The molecule has 0 atom stereocenters. The number of carbonyl (C=O) groups is 2. The average molecular weight is 369 g/mol. The quantitative estimate of drug-likeness (QED) is 0.849. The Bertz CT molecular complexity index is 867. The third-order valence-electron chi connectivity index (χ3n) is 4.80. The van der Waals surface area contributed by atoms with E-state index < -0.39 is 11.8 Å². The number of aryl methyl sites for hydroxylation is 2. The van der Waals surface area contributed by atoms with E-state index in [9.17, 15) is 19.1 Å². The van der Waals surface area contributed by atoms with Crippen molar-refractivity contribution in [2.45, 2.75) is 39.2 Å². The number of carbonyl (C=O) groups excluding carboxylic acids is 2. The van der Waals surface area contributed by atoms with Crippen molar-refractivity contribution in [3.8, 4) is 0 Å². The fourth-order valence-corrected chi connectivity index (χ4v) is 3.36. The smallest absolute Gasteiger partial charge is 0.223 e. The Morgan fingerprint density at radius 1 is 1.22 bits per heavy atom. The third kappa shape index (κ3) is 4.64. The van der Waals surface area contributed by atoms with Gasteiger partial charge in [-0.1, -0.05) is 18.2 Å². The van der Waals surface area contributed by atoms with Crippen molar-refractivity contribution in [1.82, 2.24) is 0 Å². The molecule has 5 nitrogen and oxygen atoms in total. The van der Waals surface area contributed by atoms with E-state index in [0.717, 1.165) is 30.6 Å². The summed E-state index contributed by atoms with van der Waals surface area (Å²) in [6, 6.07) is 10.8. The number of anilines is 2. The highest BCUT2D eigenvalue weighted by molar-refractivity contribution is 5.92. The predicted octanol–water partition coefficient (Wildman–Crippen LogP) is 2.42. The first-order valence-electron chi connectivity index (χ1n) is 9.06. The number of aliphatic carboxylic acids is 1. The van der Waals surface area contributed by atoms with Crippen LogP contribution in [0.4, 0.5) is 15.8 Å². The van der Waals surface area contributed by atoms with E-state index in [4.69, 9.17) is 0 Å². The van der Waals surface area contributed by atoms with Crippen molar-refractivity contribution in [3.05, 3.63) is 58.9 Å². The fraction of sp³-hybridized carbons (Fsp3) is 0.333. The highest BCUT2D eigenvalue weighted by Crippen LogP contribution is 2.28. The zero-order valence-electron chi connectivity index (χ0n) is 15.3. The summed E-state index contributed by atoms with van der Waals surface area (Å²) in [4.78, 5) is 24.2. The Kier molecular flexibility index (Phi) is 5.74. The van der Waals surface area contributed by atoms with Crippen LogP contribution in [0.25, 0.3) is 0 Å². The zero-order valence-corrected chi connectivity index (χ0v) is 15.3. The van der Waals surface area contributed by atoms with Crippen molar-refractivity contribution in [3.63, 3.8) is 0 Å². The lowest BCUT2D eigenvalue weighted by Gasteiger charge is -2.29. The van der Waals surface area contributed by atoms with Gasteiger partial charge < -0.3 is 20.1 Å². The van der Waals surface area contributed by atoms with Crippen LogP contribution < -0.4 is 15.3 Å². The maximum atomic E-state index is 14.1. The molecule has 0 saturated carbocycles. The summed E-state index contributed by atoms with van der Waals surface area (Å²) < 4.78 is 14.1. The molecule has 0 unspecified atom stereocenters. The average Bonchev–Trinajstić information content (AvgIpc) is 2.64. The highest BCUT2D eigenvalue weighted by atomic mass is 19.1. The third-order valence-corrected chi connectivity index (χ3v) is 4.80. The van der Waals surface area contributed by atoms with Crippen molar-refractivity contribution >= 4 is 23.3 Å². The normalized spacial score (nSPS) is 13.2. The highest BCUT2D eigenvalue weighted by Gasteiger charge is 2.20. The molecular formula is C21H22FN2O3-. The Morgan fingerprint density at radius 3 is 2.74 bits per heavy atom. The summed E-state index contributed by atoms with van der Waals surface area (Å²) in [5, 5.41) is 13.7. The van der Waals surface area contributed by atoms with Gasteiger partial charge in [-0.25, -0.2) is 4.39 Å². The lowest BCUT2D eigenvalue weighted by molar-refractivity contribution is -0.305. The van der Waals surface area contributed by atoms with Crippen LogP contribution in [0, 0.1) is 5.82 Å². The first kappa shape index (κ1) is 18.9. The number of hydrogen-bond donors (Lipinski definition) is 1. The van der Waals surface area contributed by atoms with Gasteiger partial charge in [-0.05, 0) is 60.6 Å². The largest absolute Gasteiger partial charge is 0.550 e. The first-order chi connectivity index (χ1) is 12.9. The van der Waals surface area contributed by atoms with Crippen LogP contribution in [-0.4, -0.2) is 18.4 Å². The van der Waals surface area contributed by atoms with Gasteiger partial charge in [0, 0.05) is 37.4 Å². The van der Waals surface area contributed by atoms with Crippen molar-refractivity contribution in [1.29, 1.82) is 0 Å². The van der Waals surface area contributed by atoms with E-state index in [1.54, 1.807) is 24.0 Å². The molecule has 0 bridgehead atoms. The van der Waals surface area contributed by atoms with Gasteiger partial charge in [0.05, 0.1) is 0 Å². The number of carboxylic acids is 1. The second-order valence-electron chi connectivity index (χ2n) is 6.77. The number of carboxylic acid groups (broad SMARTS) is 1. The van der Waals surface area contributed by atoms with E-state index in [-0.39, 0.29) is 18.7 Å². The van der Waals surface area contributed by atoms with Gasteiger partial charge in [-0.2, -0.15) is 0 Å². The SMILES string of the molecule is CC(=O)N1CCCc2ccc(CNc3ccc(CCC(=O)[O-])c(F)c3)cc21. The number of benzene rings is 2. The summed E-state index contributed by atoms with van der Waals surface area (Å²) in [5.41, 5.74) is 4.10. The number of halogens is 1. The van der Waals surface area contributed by atoms with Gasteiger partial charge in [0.1, 0.15) is 5.82 Å². The molecule has 1 aliphatic heterocycles. The predicted molar refractivity (Wildman–Crippen MR) is 99.8 cm³/mol. The Labute approximate surface area is 157 Å². The summed E-state index contributed by atoms with van der Waals surface area (Å²) in [5.74, 6) is -1.59. The van der Waals surface area contributed by atoms with Gasteiger partial charge in [-0.3, -0.25) is 4.79 Å². The van der Waals surface area contributed by atoms with Gasteiger partial charge in [0.2, 0.25) is 5.91 Å². The van der Waals surface area contributed by atoms with Gasteiger partial charge in [0.15, 0.2) is 0 Å². The maximum absolute atomic E-state index is 14.1. The number of rotatable bonds is 6.